The van der Waals surface area contributed by atoms with Crippen LogP contribution in [0.2, 0.25) is 5.02 Å². The Morgan fingerprint density at radius 3 is 2.65 bits per heavy atom. The zero-order valence-electron chi connectivity index (χ0n) is 9.03. The predicted octanol–water partition coefficient (Wildman–Crippen LogP) is 2.71. The third kappa shape index (κ3) is 2.45. The molecule has 1 unspecified atom stereocenters. The molecular weight excluding hydrogens is 261 g/mol. The van der Waals surface area contributed by atoms with Crippen LogP contribution in [0.4, 0.5) is 0 Å². The van der Waals surface area contributed by atoms with E-state index in [1.165, 1.54) is 4.90 Å². The van der Waals surface area contributed by atoms with Crippen molar-refractivity contribution < 1.29 is 9.59 Å². The van der Waals surface area contributed by atoms with E-state index in [1.807, 2.05) is 0 Å². The number of halogens is 2. The van der Waals surface area contributed by atoms with E-state index in [2.05, 4.69) is 0 Å². The molecule has 1 atom stereocenters. The van der Waals surface area contributed by atoms with Crippen molar-refractivity contribution >= 4 is 34.4 Å². The Morgan fingerprint density at radius 1 is 1.29 bits per heavy atom. The fourth-order valence-electron chi connectivity index (χ4n) is 2.04. The third-order valence-electron chi connectivity index (χ3n) is 2.88. The second-order valence-corrected chi connectivity index (χ2v) is 4.72. The van der Waals surface area contributed by atoms with Gasteiger partial charge in [-0.1, -0.05) is 23.7 Å². The van der Waals surface area contributed by atoms with Crippen LogP contribution in [0.25, 0.3) is 0 Å². The SMILES string of the molecule is O=C(Cl)C1CCCN1C(=O)c1ccccc1Cl. The van der Waals surface area contributed by atoms with Crippen molar-refractivity contribution in [2.24, 2.45) is 0 Å². The van der Waals surface area contributed by atoms with E-state index in [4.69, 9.17) is 23.2 Å². The fraction of sp³-hybridized carbons (Fsp3) is 0.333. The van der Waals surface area contributed by atoms with Crippen molar-refractivity contribution in [3.05, 3.63) is 34.9 Å². The molecule has 0 aliphatic carbocycles. The number of carbonyl (C=O) groups is 2. The highest BCUT2D eigenvalue weighted by atomic mass is 35.5. The fourth-order valence-corrected chi connectivity index (χ4v) is 2.48. The Bertz CT molecular complexity index is 462. The lowest BCUT2D eigenvalue weighted by molar-refractivity contribution is -0.115. The molecule has 2 rings (SSSR count). The molecule has 1 aromatic rings. The summed E-state index contributed by atoms with van der Waals surface area (Å²) in [7, 11) is 0. The van der Waals surface area contributed by atoms with Crippen LogP contribution < -0.4 is 0 Å². The summed E-state index contributed by atoms with van der Waals surface area (Å²) in [6, 6.07) is 6.29. The highest BCUT2D eigenvalue weighted by molar-refractivity contribution is 6.64. The molecule has 0 radical (unpaired) electrons. The van der Waals surface area contributed by atoms with E-state index >= 15 is 0 Å². The van der Waals surface area contributed by atoms with E-state index in [9.17, 15) is 9.59 Å². The van der Waals surface area contributed by atoms with Gasteiger partial charge >= 0.3 is 0 Å². The van der Waals surface area contributed by atoms with Crippen molar-refractivity contribution in [1.29, 1.82) is 0 Å². The lowest BCUT2D eigenvalue weighted by Crippen LogP contribution is -2.38. The molecule has 1 fully saturated rings. The molecule has 90 valence electrons. The molecule has 0 bridgehead atoms. The minimum Gasteiger partial charge on any atom is -0.327 e. The Morgan fingerprint density at radius 2 is 2.00 bits per heavy atom. The molecule has 5 heteroatoms. The predicted molar refractivity (Wildman–Crippen MR) is 66.4 cm³/mol. The summed E-state index contributed by atoms with van der Waals surface area (Å²) in [6.45, 7) is 0.549. The van der Waals surface area contributed by atoms with E-state index in [-0.39, 0.29) is 5.91 Å². The average Bonchev–Trinajstić information content (AvgIpc) is 2.77. The van der Waals surface area contributed by atoms with Crippen molar-refractivity contribution in [2.75, 3.05) is 6.54 Å². The van der Waals surface area contributed by atoms with E-state index < -0.39 is 11.3 Å². The van der Waals surface area contributed by atoms with Gasteiger partial charge in [0.1, 0.15) is 6.04 Å². The third-order valence-corrected chi connectivity index (χ3v) is 3.46. The van der Waals surface area contributed by atoms with E-state index in [1.54, 1.807) is 24.3 Å². The summed E-state index contributed by atoms with van der Waals surface area (Å²) in [5.74, 6) is -0.230. The molecule has 3 nitrogen and oxygen atoms in total. The standard InChI is InChI=1S/C12H11Cl2NO2/c13-9-5-2-1-4-8(9)12(17)15-7-3-6-10(15)11(14)16/h1-2,4-5,10H,3,6-7H2. The van der Waals surface area contributed by atoms with Crippen LogP contribution in [0.15, 0.2) is 24.3 Å². The number of hydrogen-bond donors (Lipinski definition) is 0. The first-order valence-electron chi connectivity index (χ1n) is 5.36. The van der Waals surface area contributed by atoms with Gasteiger partial charge in [0, 0.05) is 6.54 Å². The van der Waals surface area contributed by atoms with Gasteiger partial charge in [-0.3, -0.25) is 9.59 Å². The number of carbonyl (C=O) groups excluding carboxylic acids is 2. The minimum atomic E-state index is -0.513. The first-order valence-corrected chi connectivity index (χ1v) is 6.11. The maximum atomic E-state index is 12.2. The maximum Gasteiger partial charge on any atom is 0.256 e. The Kier molecular flexibility index (Phi) is 3.69. The molecule has 0 aromatic heterocycles. The van der Waals surface area contributed by atoms with Gasteiger partial charge in [-0.15, -0.1) is 0 Å². The number of hydrogen-bond acceptors (Lipinski definition) is 2. The van der Waals surface area contributed by atoms with Crippen molar-refractivity contribution in [3.63, 3.8) is 0 Å². The Hall–Kier alpha value is -1.06. The van der Waals surface area contributed by atoms with Crippen LogP contribution in [0.1, 0.15) is 23.2 Å². The largest absolute Gasteiger partial charge is 0.327 e. The van der Waals surface area contributed by atoms with Crippen LogP contribution >= 0.6 is 23.2 Å². The summed E-state index contributed by atoms with van der Waals surface area (Å²) in [6.07, 6.45) is 1.41. The molecule has 1 amide bonds. The molecule has 1 saturated heterocycles. The minimum absolute atomic E-state index is 0.230. The summed E-state index contributed by atoms with van der Waals surface area (Å²) in [5, 5.41) is -0.0897. The first kappa shape index (κ1) is 12.4. The van der Waals surface area contributed by atoms with Gasteiger partial charge in [-0.2, -0.15) is 0 Å². The smallest absolute Gasteiger partial charge is 0.256 e. The molecule has 0 saturated carbocycles. The summed E-state index contributed by atoms with van der Waals surface area (Å²) in [4.78, 5) is 24.9. The van der Waals surface area contributed by atoms with Gasteiger partial charge in [-0.05, 0) is 36.6 Å². The van der Waals surface area contributed by atoms with Gasteiger partial charge in [0.2, 0.25) is 5.24 Å². The zero-order valence-corrected chi connectivity index (χ0v) is 10.5. The summed E-state index contributed by atoms with van der Waals surface area (Å²) in [5.41, 5.74) is 0.416. The van der Waals surface area contributed by atoms with Crippen molar-refractivity contribution in [1.82, 2.24) is 4.90 Å². The molecule has 1 aliphatic rings. The van der Waals surface area contributed by atoms with Crippen molar-refractivity contribution in [2.45, 2.75) is 18.9 Å². The van der Waals surface area contributed by atoms with Gasteiger partial charge in [0.25, 0.3) is 5.91 Å². The molecule has 1 aromatic carbocycles. The average molecular weight is 272 g/mol. The highest BCUT2D eigenvalue weighted by Gasteiger charge is 2.34. The first-order chi connectivity index (χ1) is 8.11. The molecular formula is C12H11Cl2NO2. The van der Waals surface area contributed by atoms with Crippen LogP contribution in [-0.4, -0.2) is 28.6 Å². The van der Waals surface area contributed by atoms with Gasteiger partial charge in [0.15, 0.2) is 0 Å². The lowest BCUT2D eigenvalue weighted by Gasteiger charge is -2.22. The van der Waals surface area contributed by atoms with Gasteiger partial charge in [0.05, 0.1) is 10.6 Å². The molecule has 17 heavy (non-hydrogen) atoms. The molecule has 1 heterocycles. The molecule has 0 N–H and O–H groups in total. The number of nitrogens with zero attached hydrogens (tertiary/aromatic N) is 1. The highest BCUT2D eigenvalue weighted by Crippen LogP contribution is 2.24. The van der Waals surface area contributed by atoms with Gasteiger partial charge in [-0.25, -0.2) is 0 Å². The van der Waals surface area contributed by atoms with Crippen LogP contribution in [-0.2, 0) is 4.79 Å². The second kappa shape index (κ2) is 5.07. The zero-order chi connectivity index (χ0) is 12.4. The normalized spacial score (nSPS) is 19.4. The summed E-state index contributed by atoms with van der Waals surface area (Å²) >= 11 is 11.4. The second-order valence-electron chi connectivity index (χ2n) is 3.94. The van der Waals surface area contributed by atoms with Crippen LogP contribution in [0, 0.1) is 0 Å². The quantitative estimate of drug-likeness (QED) is 0.776. The maximum absolute atomic E-state index is 12.2. The van der Waals surface area contributed by atoms with E-state index in [0.29, 0.717) is 23.6 Å². The number of rotatable bonds is 2. The monoisotopic (exact) mass is 271 g/mol. The molecule has 1 aliphatic heterocycles. The lowest BCUT2D eigenvalue weighted by atomic mass is 10.2. The van der Waals surface area contributed by atoms with E-state index in [0.717, 1.165) is 6.42 Å². The van der Waals surface area contributed by atoms with Gasteiger partial charge < -0.3 is 4.90 Å². The topological polar surface area (TPSA) is 37.4 Å². The molecule has 0 spiro atoms. The Labute approximate surface area is 109 Å². The van der Waals surface area contributed by atoms with Crippen LogP contribution in [0.5, 0.6) is 0 Å². The number of benzene rings is 1. The number of likely N-dealkylation sites (tertiary alicyclic amines) is 1. The Balaban J connectivity index is 2.26. The van der Waals surface area contributed by atoms with Crippen molar-refractivity contribution in [3.8, 4) is 0 Å². The van der Waals surface area contributed by atoms with Crippen LogP contribution in [0.3, 0.4) is 0 Å². The number of amides is 1. The summed E-state index contributed by atoms with van der Waals surface area (Å²) < 4.78 is 0.